The zero-order chi connectivity index (χ0) is 9.80. The predicted octanol–water partition coefficient (Wildman–Crippen LogP) is 2.71. The van der Waals surface area contributed by atoms with E-state index in [-0.39, 0.29) is 6.04 Å². The maximum Gasteiger partial charge on any atom is 0.111 e. The van der Waals surface area contributed by atoms with Gasteiger partial charge in [-0.15, -0.1) is 11.3 Å². The molecule has 14 heavy (non-hydrogen) atoms. The van der Waals surface area contributed by atoms with E-state index >= 15 is 0 Å². The summed E-state index contributed by atoms with van der Waals surface area (Å²) in [5.41, 5.74) is 9.11. The van der Waals surface area contributed by atoms with Gasteiger partial charge in [-0.2, -0.15) is 0 Å². The molecular weight excluding hydrogens is 192 g/mol. The molecule has 0 amide bonds. The lowest BCUT2D eigenvalue weighted by atomic mass is 10.1. The molecule has 0 saturated carbocycles. The van der Waals surface area contributed by atoms with Gasteiger partial charge >= 0.3 is 0 Å². The molecule has 0 aliphatic carbocycles. The first kappa shape index (κ1) is 9.37. The van der Waals surface area contributed by atoms with Gasteiger partial charge in [0.25, 0.3) is 0 Å². The maximum absolute atomic E-state index is 7.92. The highest BCUT2D eigenvalue weighted by molar-refractivity contribution is 7.09. The second kappa shape index (κ2) is 4.35. The van der Waals surface area contributed by atoms with Gasteiger partial charge in [-0.25, -0.2) is 10.7 Å². The lowest BCUT2D eigenvalue weighted by Crippen LogP contribution is -2.02. The predicted molar refractivity (Wildman–Crippen MR) is 58.1 cm³/mol. The summed E-state index contributed by atoms with van der Waals surface area (Å²) in [6.07, 6.45) is 2.50. The number of nitrogens with one attached hydrogen (secondary N) is 1. The molecule has 0 spiro atoms. The SMILES string of the molecule is [NH]C(Cc1ccccc1)c1nccs1. The molecule has 1 N–H and O–H groups in total. The van der Waals surface area contributed by atoms with Gasteiger partial charge < -0.3 is 0 Å². The quantitative estimate of drug-likeness (QED) is 0.755. The molecule has 1 atom stereocenters. The molecular formula is C11H11N2S. The first-order valence-electron chi connectivity index (χ1n) is 4.50. The van der Waals surface area contributed by atoms with Crippen LogP contribution in [0, 0.1) is 0 Å². The Morgan fingerprint density at radius 3 is 2.71 bits per heavy atom. The molecule has 2 aromatic rings. The summed E-state index contributed by atoms with van der Waals surface area (Å²) < 4.78 is 0. The third-order valence-corrected chi connectivity index (χ3v) is 2.92. The molecule has 3 heteroatoms. The van der Waals surface area contributed by atoms with E-state index in [0.29, 0.717) is 0 Å². The van der Waals surface area contributed by atoms with Crippen LogP contribution in [0.1, 0.15) is 16.6 Å². The smallest absolute Gasteiger partial charge is 0.111 e. The number of aromatic nitrogens is 1. The summed E-state index contributed by atoms with van der Waals surface area (Å²) in [6, 6.07) is 9.88. The minimum Gasteiger partial charge on any atom is -0.248 e. The van der Waals surface area contributed by atoms with Crippen molar-refractivity contribution in [2.24, 2.45) is 0 Å². The molecule has 0 aliphatic heterocycles. The van der Waals surface area contributed by atoms with Crippen LogP contribution in [0.25, 0.3) is 0 Å². The monoisotopic (exact) mass is 203 g/mol. The van der Waals surface area contributed by atoms with Gasteiger partial charge in [-0.3, -0.25) is 0 Å². The molecule has 0 aliphatic rings. The highest BCUT2D eigenvalue weighted by atomic mass is 32.1. The van der Waals surface area contributed by atoms with Gasteiger partial charge in [-0.1, -0.05) is 30.3 Å². The Morgan fingerprint density at radius 1 is 1.29 bits per heavy atom. The summed E-state index contributed by atoms with van der Waals surface area (Å²) in [7, 11) is 0. The lowest BCUT2D eigenvalue weighted by molar-refractivity contribution is 0.692. The van der Waals surface area contributed by atoms with E-state index in [2.05, 4.69) is 17.1 Å². The van der Waals surface area contributed by atoms with E-state index in [0.717, 1.165) is 11.4 Å². The third-order valence-electron chi connectivity index (χ3n) is 2.03. The van der Waals surface area contributed by atoms with Crippen molar-refractivity contribution in [3.63, 3.8) is 0 Å². The van der Waals surface area contributed by atoms with Crippen LogP contribution in [0.4, 0.5) is 0 Å². The fraction of sp³-hybridized carbons (Fsp3) is 0.182. The van der Waals surface area contributed by atoms with Crippen LogP contribution in [-0.4, -0.2) is 4.98 Å². The van der Waals surface area contributed by atoms with E-state index in [1.807, 2.05) is 23.6 Å². The second-order valence-electron chi connectivity index (χ2n) is 3.11. The Bertz CT molecular complexity index is 369. The number of hydrogen-bond acceptors (Lipinski definition) is 2. The van der Waals surface area contributed by atoms with E-state index in [1.165, 1.54) is 5.56 Å². The minimum absolute atomic E-state index is 0.225. The highest BCUT2D eigenvalue weighted by Gasteiger charge is 2.09. The maximum atomic E-state index is 7.92. The summed E-state index contributed by atoms with van der Waals surface area (Å²) in [6.45, 7) is 0. The van der Waals surface area contributed by atoms with Crippen molar-refractivity contribution in [1.29, 1.82) is 0 Å². The van der Waals surface area contributed by atoms with Crippen molar-refractivity contribution < 1.29 is 0 Å². The van der Waals surface area contributed by atoms with Crippen LogP contribution in [-0.2, 0) is 6.42 Å². The molecule has 0 fully saturated rings. The molecule has 1 heterocycles. The molecule has 0 saturated heterocycles. The average Bonchev–Trinajstić information content (AvgIpc) is 2.72. The van der Waals surface area contributed by atoms with E-state index in [4.69, 9.17) is 5.73 Å². The lowest BCUT2D eigenvalue weighted by Gasteiger charge is -2.06. The number of thiazole rings is 1. The number of benzene rings is 1. The first-order chi connectivity index (χ1) is 6.86. The minimum atomic E-state index is -0.225. The Hall–Kier alpha value is -1.19. The topological polar surface area (TPSA) is 36.7 Å². The fourth-order valence-electron chi connectivity index (χ4n) is 1.34. The Balaban J connectivity index is 2.06. The van der Waals surface area contributed by atoms with Crippen molar-refractivity contribution in [3.8, 4) is 0 Å². The van der Waals surface area contributed by atoms with Gasteiger partial charge in [-0.05, 0) is 12.0 Å². The Kier molecular flexibility index (Phi) is 2.91. The van der Waals surface area contributed by atoms with Crippen LogP contribution >= 0.6 is 11.3 Å². The average molecular weight is 203 g/mol. The molecule has 0 bridgehead atoms. The van der Waals surface area contributed by atoms with Gasteiger partial charge in [0.2, 0.25) is 0 Å². The van der Waals surface area contributed by atoms with Crippen LogP contribution < -0.4 is 5.73 Å². The summed E-state index contributed by atoms with van der Waals surface area (Å²) >= 11 is 1.55. The largest absolute Gasteiger partial charge is 0.248 e. The van der Waals surface area contributed by atoms with E-state index < -0.39 is 0 Å². The zero-order valence-corrected chi connectivity index (χ0v) is 8.50. The van der Waals surface area contributed by atoms with E-state index in [1.54, 1.807) is 17.5 Å². The van der Waals surface area contributed by atoms with E-state index in [9.17, 15) is 0 Å². The van der Waals surface area contributed by atoms with Crippen LogP contribution in [0.3, 0.4) is 0 Å². The molecule has 71 valence electrons. The molecule has 1 unspecified atom stereocenters. The summed E-state index contributed by atoms with van der Waals surface area (Å²) in [5.74, 6) is 0. The number of rotatable bonds is 3. The second-order valence-corrected chi connectivity index (χ2v) is 4.04. The zero-order valence-electron chi connectivity index (χ0n) is 7.68. The van der Waals surface area contributed by atoms with Crippen molar-refractivity contribution >= 4 is 11.3 Å². The Morgan fingerprint density at radius 2 is 2.07 bits per heavy atom. The number of hydrogen-bond donors (Lipinski definition) is 0. The first-order valence-corrected chi connectivity index (χ1v) is 5.38. The highest BCUT2D eigenvalue weighted by Crippen LogP contribution is 2.18. The third kappa shape index (κ3) is 2.19. The van der Waals surface area contributed by atoms with Gasteiger partial charge in [0, 0.05) is 11.6 Å². The standard InChI is InChI=1S/C11H11N2S/c12-10(11-13-6-7-14-11)8-9-4-2-1-3-5-9/h1-7,10,12H,8H2. The van der Waals surface area contributed by atoms with Gasteiger partial charge in [0.1, 0.15) is 5.01 Å². The van der Waals surface area contributed by atoms with Crippen molar-refractivity contribution in [2.45, 2.75) is 12.5 Å². The van der Waals surface area contributed by atoms with Crippen LogP contribution in [0.15, 0.2) is 41.9 Å². The van der Waals surface area contributed by atoms with Gasteiger partial charge in [0.15, 0.2) is 0 Å². The van der Waals surface area contributed by atoms with Crippen molar-refractivity contribution in [2.75, 3.05) is 0 Å². The summed E-state index contributed by atoms with van der Waals surface area (Å²) in [5, 5.41) is 2.82. The van der Waals surface area contributed by atoms with Crippen LogP contribution in [0.2, 0.25) is 0 Å². The fourth-order valence-corrected chi connectivity index (χ4v) is 1.97. The normalized spacial score (nSPS) is 12.6. The number of nitrogens with zero attached hydrogens (tertiary/aromatic N) is 1. The molecule has 1 aromatic heterocycles. The Labute approximate surface area is 87.4 Å². The molecule has 1 radical (unpaired) electrons. The molecule has 2 rings (SSSR count). The summed E-state index contributed by atoms with van der Waals surface area (Å²) in [4.78, 5) is 4.14. The van der Waals surface area contributed by atoms with Crippen molar-refractivity contribution in [3.05, 3.63) is 52.5 Å². The molecule has 2 nitrogen and oxygen atoms in total. The van der Waals surface area contributed by atoms with Gasteiger partial charge in [0.05, 0.1) is 6.04 Å². The molecule has 1 aromatic carbocycles. The van der Waals surface area contributed by atoms with Crippen LogP contribution in [0.5, 0.6) is 0 Å². The van der Waals surface area contributed by atoms with Crippen molar-refractivity contribution in [1.82, 2.24) is 10.7 Å².